The minimum Gasteiger partial charge on any atom is -0.312 e. The van der Waals surface area contributed by atoms with Crippen molar-refractivity contribution in [1.29, 1.82) is 0 Å². The molecule has 31 heavy (non-hydrogen) atoms. The number of hydrogen-bond donors (Lipinski definition) is 0. The molecule has 3 aromatic rings. The number of fused-ring (bicyclic) bond motifs is 1. The fourth-order valence-electron chi connectivity index (χ4n) is 4.17. The highest BCUT2D eigenvalue weighted by molar-refractivity contribution is 7.14. The Morgan fingerprint density at radius 1 is 1.16 bits per heavy atom. The average molecular weight is 432 g/mol. The molecule has 0 unspecified atom stereocenters. The van der Waals surface area contributed by atoms with Crippen LogP contribution in [-0.4, -0.2) is 30.4 Å². The minimum absolute atomic E-state index is 0.0568. The lowest BCUT2D eigenvalue weighted by molar-refractivity contribution is -0.119. The molecule has 2 aromatic carbocycles. The Morgan fingerprint density at radius 3 is 2.74 bits per heavy atom. The first-order chi connectivity index (χ1) is 15.0. The summed E-state index contributed by atoms with van der Waals surface area (Å²) in [5.41, 5.74) is 5.79. The molecular weight excluding hydrogens is 406 g/mol. The van der Waals surface area contributed by atoms with Crippen LogP contribution in [0.4, 0.5) is 10.8 Å². The third-order valence-electron chi connectivity index (χ3n) is 6.15. The molecule has 2 aliphatic rings. The zero-order valence-corrected chi connectivity index (χ0v) is 18.6. The molecule has 0 bridgehead atoms. The van der Waals surface area contributed by atoms with Crippen molar-refractivity contribution in [2.24, 2.45) is 5.92 Å². The number of carbonyl (C=O) groups excluding carboxylic acids is 2. The van der Waals surface area contributed by atoms with Gasteiger partial charge in [0.2, 0.25) is 5.91 Å². The van der Waals surface area contributed by atoms with Gasteiger partial charge in [-0.3, -0.25) is 14.5 Å². The first-order valence-electron chi connectivity index (χ1n) is 10.8. The van der Waals surface area contributed by atoms with Crippen LogP contribution < -0.4 is 9.80 Å². The summed E-state index contributed by atoms with van der Waals surface area (Å²) in [6, 6.07) is 13.9. The van der Waals surface area contributed by atoms with E-state index in [9.17, 15) is 9.59 Å². The molecule has 1 fully saturated rings. The molecule has 0 atom stereocenters. The summed E-state index contributed by atoms with van der Waals surface area (Å²) >= 11 is 1.47. The van der Waals surface area contributed by atoms with E-state index < -0.39 is 0 Å². The highest BCUT2D eigenvalue weighted by atomic mass is 32.1. The van der Waals surface area contributed by atoms with Gasteiger partial charge in [0.1, 0.15) is 0 Å². The number of amides is 2. The molecule has 1 aliphatic heterocycles. The Bertz CT molecular complexity index is 1170. The first kappa shape index (κ1) is 19.9. The second-order valence-electron chi connectivity index (χ2n) is 8.41. The van der Waals surface area contributed by atoms with E-state index in [0.717, 1.165) is 54.7 Å². The maximum atomic E-state index is 12.9. The average Bonchev–Trinajstić information content (AvgIpc) is 3.53. The van der Waals surface area contributed by atoms with E-state index in [4.69, 9.17) is 4.98 Å². The topological polar surface area (TPSA) is 53.5 Å². The molecule has 0 N–H and O–H groups in total. The summed E-state index contributed by atoms with van der Waals surface area (Å²) in [7, 11) is 1.77. The van der Waals surface area contributed by atoms with Crippen LogP contribution in [0, 0.1) is 12.8 Å². The number of aromatic nitrogens is 1. The molecule has 0 saturated heterocycles. The quantitative estimate of drug-likeness (QED) is 0.579. The minimum atomic E-state index is -0.0568. The third kappa shape index (κ3) is 3.76. The number of rotatable bonds is 4. The van der Waals surface area contributed by atoms with E-state index in [-0.39, 0.29) is 17.7 Å². The number of benzene rings is 2. The van der Waals surface area contributed by atoms with Crippen LogP contribution in [0.25, 0.3) is 11.3 Å². The third-order valence-corrected chi connectivity index (χ3v) is 7.06. The van der Waals surface area contributed by atoms with Gasteiger partial charge in [0.25, 0.3) is 5.91 Å². The largest absolute Gasteiger partial charge is 0.312 e. The van der Waals surface area contributed by atoms with Gasteiger partial charge in [0.05, 0.1) is 5.69 Å². The predicted octanol–water partition coefficient (Wildman–Crippen LogP) is 5.08. The van der Waals surface area contributed by atoms with Gasteiger partial charge in [-0.15, -0.1) is 11.3 Å². The first-order valence-corrected chi connectivity index (χ1v) is 11.6. The lowest BCUT2D eigenvalue weighted by atomic mass is 9.98. The summed E-state index contributed by atoms with van der Waals surface area (Å²) in [5, 5.41) is 2.67. The van der Waals surface area contributed by atoms with E-state index in [0.29, 0.717) is 10.7 Å². The Balaban J connectivity index is 1.39. The van der Waals surface area contributed by atoms with Gasteiger partial charge in [-0.25, -0.2) is 4.98 Å². The van der Waals surface area contributed by atoms with Crippen LogP contribution in [0.1, 0.15) is 40.7 Å². The second-order valence-corrected chi connectivity index (χ2v) is 9.24. The van der Waals surface area contributed by atoms with Crippen molar-refractivity contribution in [2.45, 2.75) is 32.6 Å². The predicted molar refractivity (Wildman–Crippen MR) is 125 cm³/mol. The zero-order chi connectivity index (χ0) is 21.5. The van der Waals surface area contributed by atoms with Crippen molar-refractivity contribution in [3.05, 3.63) is 64.5 Å². The Hall–Kier alpha value is -2.99. The molecule has 5 rings (SSSR count). The van der Waals surface area contributed by atoms with Gasteiger partial charge in [0.15, 0.2) is 5.13 Å². The second kappa shape index (κ2) is 7.93. The Morgan fingerprint density at radius 2 is 1.97 bits per heavy atom. The lowest BCUT2D eigenvalue weighted by Crippen LogP contribution is -2.36. The summed E-state index contributed by atoms with van der Waals surface area (Å²) in [5.74, 6) is 0.452. The van der Waals surface area contributed by atoms with Gasteiger partial charge in [-0.05, 0) is 61.9 Å². The molecule has 0 radical (unpaired) electrons. The molecule has 1 aliphatic carbocycles. The van der Waals surface area contributed by atoms with Crippen LogP contribution >= 0.6 is 11.3 Å². The molecule has 2 amide bonds. The SMILES string of the molecule is Cc1ccccc1C(=O)N(C)c1nc(-c2ccc3c(c2)CCCN3C(=O)C2CC2)cs1. The fourth-order valence-corrected chi connectivity index (χ4v) is 4.97. The Kier molecular flexibility index (Phi) is 5.10. The normalized spacial score (nSPS) is 15.5. The van der Waals surface area contributed by atoms with Crippen molar-refractivity contribution in [3.63, 3.8) is 0 Å². The molecule has 1 aromatic heterocycles. The summed E-state index contributed by atoms with van der Waals surface area (Å²) < 4.78 is 0. The monoisotopic (exact) mass is 431 g/mol. The maximum Gasteiger partial charge on any atom is 0.260 e. The van der Waals surface area contributed by atoms with Crippen molar-refractivity contribution in [2.75, 3.05) is 23.4 Å². The van der Waals surface area contributed by atoms with E-state index >= 15 is 0 Å². The van der Waals surface area contributed by atoms with Gasteiger partial charge >= 0.3 is 0 Å². The molecule has 0 spiro atoms. The molecule has 1 saturated carbocycles. The Labute approximate surface area is 186 Å². The van der Waals surface area contributed by atoms with Gasteiger partial charge in [-0.2, -0.15) is 0 Å². The van der Waals surface area contributed by atoms with E-state index in [1.807, 2.05) is 47.5 Å². The number of hydrogen-bond acceptors (Lipinski definition) is 4. The highest BCUT2D eigenvalue weighted by Gasteiger charge is 2.35. The number of nitrogens with zero attached hydrogens (tertiary/aromatic N) is 3. The van der Waals surface area contributed by atoms with Crippen LogP contribution in [0.5, 0.6) is 0 Å². The molecule has 2 heterocycles. The summed E-state index contributed by atoms with van der Waals surface area (Å²) in [6.45, 7) is 2.76. The highest BCUT2D eigenvalue weighted by Crippen LogP contribution is 2.38. The zero-order valence-electron chi connectivity index (χ0n) is 17.8. The van der Waals surface area contributed by atoms with Crippen LogP contribution in [-0.2, 0) is 11.2 Å². The van der Waals surface area contributed by atoms with Crippen molar-refractivity contribution >= 4 is 34.0 Å². The molecule has 6 heteroatoms. The van der Waals surface area contributed by atoms with E-state index in [1.54, 1.807) is 11.9 Å². The van der Waals surface area contributed by atoms with Crippen molar-refractivity contribution in [3.8, 4) is 11.3 Å². The summed E-state index contributed by atoms with van der Waals surface area (Å²) in [4.78, 5) is 33.9. The van der Waals surface area contributed by atoms with Crippen LogP contribution in [0.2, 0.25) is 0 Å². The van der Waals surface area contributed by atoms with Crippen molar-refractivity contribution in [1.82, 2.24) is 4.98 Å². The van der Waals surface area contributed by atoms with Crippen LogP contribution in [0.3, 0.4) is 0 Å². The fraction of sp³-hybridized carbons (Fsp3) is 0.320. The molecular formula is C25H25N3O2S. The molecule has 5 nitrogen and oxygen atoms in total. The van der Waals surface area contributed by atoms with Crippen LogP contribution in [0.15, 0.2) is 47.8 Å². The summed E-state index contributed by atoms with van der Waals surface area (Å²) in [6.07, 6.45) is 4.02. The number of thiazole rings is 1. The number of aryl methyl sites for hydroxylation is 2. The van der Waals surface area contributed by atoms with Gasteiger partial charge in [-0.1, -0.05) is 24.3 Å². The lowest BCUT2D eigenvalue weighted by Gasteiger charge is -2.30. The van der Waals surface area contributed by atoms with Crippen molar-refractivity contribution < 1.29 is 9.59 Å². The smallest absolute Gasteiger partial charge is 0.260 e. The molecule has 158 valence electrons. The number of carbonyl (C=O) groups is 2. The maximum absolute atomic E-state index is 12.9. The van der Waals surface area contributed by atoms with Gasteiger partial charge in [0, 0.05) is 41.7 Å². The van der Waals surface area contributed by atoms with Gasteiger partial charge < -0.3 is 4.90 Å². The van der Waals surface area contributed by atoms with E-state index in [1.165, 1.54) is 16.9 Å². The number of anilines is 2. The standard InChI is InChI=1S/C25H25N3O2S/c1-16-6-3-4-8-20(16)24(30)27(2)25-26-21(15-31-25)18-11-12-22-19(14-18)7-5-13-28(22)23(29)17-9-10-17/h3-4,6,8,11-12,14-15,17H,5,7,9-10,13H2,1-2H3. The van der Waals surface area contributed by atoms with E-state index in [2.05, 4.69) is 12.1 Å².